The van der Waals surface area contributed by atoms with E-state index in [4.69, 9.17) is 10.5 Å². The Labute approximate surface area is 125 Å². The van der Waals surface area contributed by atoms with E-state index in [2.05, 4.69) is 27.2 Å². The second kappa shape index (κ2) is 6.03. The maximum Gasteiger partial charge on any atom is 0.239 e. The Balaban J connectivity index is 2.18. The third kappa shape index (κ3) is 4.11. The van der Waals surface area contributed by atoms with Gasteiger partial charge in [-0.3, -0.25) is 0 Å². The van der Waals surface area contributed by atoms with Crippen LogP contribution in [0.2, 0.25) is 0 Å². The first kappa shape index (κ1) is 15.2. The summed E-state index contributed by atoms with van der Waals surface area (Å²) >= 11 is 0. The monoisotopic (exact) mass is 289 g/mol. The van der Waals surface area contributed by atoms with Gasteiger partial charge in [-0.15, -0.1) is 0 Å². The lowest BCUT2D eigenvalue weighted by molar-refractivity contribution is 0.125. The number of nitrogens with zero attached hydrogens (tertiary/aromatic N) is 2. The predicted octanol–water partition coefficient (Wildman–Crippen LogP) is 3.13. The highest BCUT2D eigenvalue weighted by molar-refractivity contribution is 5.54. The fourth-order valence-corrected chi connectivity index (χ4v) is 1.91. The number of pyridine rings is 1. The molecule has 0 saturated carbocycles. The number of H-pyrrole nitrogens is 1. The lowest BCUT2D eigenvalue weighted by Crippen LogP contribution is -2.24. The molecule has 0 aromatic carbocycles. The lowest BCUT2D eigenvalue weighted by atomic mass is 10.2. The molecule has 1 atom stereocenters. The van der Waals surface area contributed by atoms with E-state index in [1.807, 2.05) is 33.0 Å². The van der Waals surface area contributed by atoms with Crippen LogP contribution in [-0.4, -0.2) is 20.6 Å². The molecule has 0 bridgehead atoms. The molecule has 2 aromatic heterocycles. The minimum atomic E-state index is -0.342. The molecule has 6 heteroatoms. The Kier molecular flexibility index (Phi) is 4.35. The van der Waals surface area contributed by atoms with Crippen molar-refractivity contribution >= 4 is 11.5 Å². The third-order valence-corrected chi connectivity index (χ3v) is 2.87. The fraction of sp³-hybridized carbons (Fsp3) is 0.467. The van der Waals surface area contributed by atoms with Crippen molar-refractivity contribution in [2.45, 2.75) is 45.8 Å². The van der Waals surface area contributed by atoms with Crippen LogP contribution in [0.3, 0.4) is 0 Å². The van der Waals surface area contributed by atoms with Gasteiger partial charge in [0.25, 0.3) is 0 Å². The summed E-state index contributed by atoms with van der Waals surface area (Å²) in [7, 11) is 0. The van der Waals surface area contributed by atoms with Crippen molar-refractivity contribution in [2.75, 3.05) is 11.1 Å². The Bertz CT molecular complexity index is 574. The number of nitrogen functional groups attached to an aromatic ring is 1. The van der Waals surface area contributed by atoms with Gasteiger partial charge in [-0.1, -0.05) is 6.92 Å². The number of anilines is 2. The molecule has 2 heterocycles. The minimum Gasteiger partial charge on any atom is -0.470 e. The first-order valence-corrected chi connectivity index (χ1v) is 7.10. The summed E-state index contributed by atoms with van der Waals surface area (Å²) in [6.07, 6.45) is 4.43. The topological polar surface area (TPSA) is 88.8 Å². The van der Waals surface area contributed by atoms with Gasteiger partial charge in [-0.2, -0.15) is 4.98 Å². The van der Waals surface area contributed by atoms with Crippen LogP contribution in [0.15, 0.2) is 24.5 Å². The molecule has 0 fully saturated rings. The molecule has 0 aliphatic rings. The van der Waals surface area contributed by atoms with Crippen molar-refractivity contribution in [3.05, 3.63) is 30.4 Å². The van der Waals surface area contributed by atoms with Crippen LogP contribution in [0, 0.1) is 0 Å². The van der Waals surface area contributed by atoms with Crippen LogP contribution in [0.4, 0.5) is 11.5 Å². The molecular formula is C15H23N5O. The number of nitrogens with two attached hydrogens (primary N) is 1. The smallest absolute Gasteiger partial charge is 0.239 e. The molecule has 0 spiro atoms. The molecule has 0 aliphatic carbocycles. The summed E-state index contributed by atoms with van der Waals surface area (Å²) < 4.78 is 5.78. The van der Waals surface area contributed by atoms with Crippen LogP contribution < -0.4 is 15.8 Å². The van der Waals surface area contributed by atoms with E-state index in [1.165, 1.54) is 0 Å². The third-order valence-electron chi connectivity index (χ3n) is 2.87. The van der Waals surface area contributed by atoms with Gasteiger partial charge in [0.2, 0.25) is 5.88 Å². The van der Waals surface area contributed by atoms with Gasteiger partial charge in [0, 0.05) is 12.4 Å². The largest absolute Gasteiger partial charge is 0.470 e. The summed E-state index contributed by atoms with van der Waals surface area (Å²) in [4.78, 5) is 11.9. The van der Waals surface area contributed by atoms with Crippen molar-refractivity contribution in [1.29, 1.82) is 0 Å². The number of imidazole rings is 1. The first-order chi connectivity index (χ1) is 9.89. The van der Waals surface area contributed by atoms with Gasteiger partial charge in [-0.05, 0) is 39.3 Å². The van der Waals surface area contributed by atoms with Gasteiger partial charge >= 0.3 is 0 Å². The van der Waals surface area contributed by atoms with Crippen LogP contribution in [0.5, 0.6) is 5.88 Å². The van der Waals surface area contributed by atoms with Gasteiger partial charge < -0.3 is 20.8 Å². The zero-order chi connectivity index (χ0) is 15.5. The van der Waals surface area contributed by atoms with Crippen molar-refractivity contribution in [3.8, 4) is 5.88 Å². The highest BCUT2D eigenvalue weighted by atomic mass is 16.5. The molecule has 0 radical (unpaired) electrons. The average Bonchev–Trinajstić information content (AvgIpc) is 2.91. The SMILES string of the molecule is CCC(Nc1ccc(N)c(OC(C)(C)C)n1)c1ncc[nH]1. The number of aromatic nitrogens is 3. The summed E-state index contributed by atoms with van der Waals surface area (Å²) in [5.74, 6) is 2.04. The quantitative estimate of drug-likeness (QED) is 0.787. The number of nitrogens with one attached hydrogen (secondary N) is 2. The second-order valence-corrected chi connectivity index (χ2v) is 5.88. The van der Waals surface area contributed by atoms with E-state index >= 15 is 0 Å². The fourth-order valence-electron chi connectivity index (χ4n) is 1.91. The summed E-state index contributed by atoms with van der Waals surface area (Å²) in [5, 5.41) is 3.34. The molecule has 6 nitrogen and oxygen atoms in total. The maximum absolute atomic E-state index is 5.92. The first-order valence-electron chi connectivity index (χ1n) is 7.10. The van der Waals surface area contributed by atoms with Crippen molar-refractivity contribution in [3.63, 3.8) is 0 Å². The number of rotatable bonds is 5. The highest BCUT2D eigenvalue weighted by Crippen LogP contribution is 2.27. The Hall–Kier alpha value is -2.24. The lowest BCUT2D eigenvalue weighted by Gasteiger charge is -2.22. The number of aromatic amines is 1. The zero-order valence-electron chi connectivity index (χ0n) is 13.0. The van der Waals surface area contributed by atoms with Gasteiger partial charge in [0.1, 0.15) is 17.2 Å². The second-order valence-electron chi connectivity index (χ2n) is 5.88. The summed E-state index contributed by atoms with van der Waals surface area (Å²) in [6, 6.07) is 3.71. The van der Waals surface area contributed by atoms with E-state index < -0.39 is 0 Å². The molecule has 0 aliphatic heterocycles. The van der Waals surface area contributed by atoms with E-state index in [9.17, 15) is 0 Å². The highest BCUT2D eigenvalue weighted by Gasteiger charge is 2.17. The van der Waals surface area contributed by atoms with Crippen LogP contribution in [0.1, 0.15) is 46.0 Å². The molecule has 114 valence electrons. The Morgan fingerprint density at radius 3 is 2.71 bits per heavy atom. The van der Waals surface area contributed by atoms with Gasteiger partial charge in [0.05, 0.1) is 11.7 Å². The molecule has 21 heavy (non-hydrogen) atoms. The predicted molar refractivity (Wildman–Crippen MR) is 84.3 cm³/mol. The molecule has 2 rings (SSSR count). The summed E-state index contributed by atoms with van der Waals surface area (Å²) in [6.45, 7) is 7.98. The minimum absolute atomic E-state index is 0.0682. The van der Waals surface area contributed by atoms with Crippen LogP contribution in [0.25, 0.3) is 0 Å². The van der Waals surface area contributed by atoms with Crippen molar-refractivity contribution in [1.82, 2.24) is 15.0 Å². The van der Waals surface area contributed by atoms with E-state index in [0.29, 0.717) is 17.4 Å². The normalized spacial score (nSPS) is 13.0. The molecule has 0 saturated heterocycles. The number of hydrogen-bond acceptors (Lipinski definition) is 5. The van der Waals surface area contributed by atoms with Crippen LogP contribution in [-0.2, 0) is 0 Å². The van der Waals surface area contributed by atoms with Gasteiger partial charge in [-0.25, -0.2) is 4.98 Å². The van der Waals surface area contributed by atoms with Crippen molar-refractivity contribution < 1.29 is 4.74 Å². The molecule has 0 amide bonds. The number of hydrogen-bond donors (Lipinski definition) is 3. The average molecular weight is 289 g/mol. The van der Waals surface area contributed by atoms with E-state index in [-0.39, 0.29) is 11.6 Å². The molecule has 1 unspecified atom stereocenters. The molecule has 2 aromatic rings. The molecule has 4 N–H and O–H groups in total. The Morgan fingerprint density at radius 2 is 2.14 bits per heavy atom. The van der Waals surface area contributed by atoms with E-state index in [1.54, 1.807) is 12.3 Å². The van der Waals surface area contributed by atoms with Crippen LogP contribution >= 0.6 is 0 Å². The Morgan fingerprint density at radius 1 is 1.38 bits per heavy atom. The zero-order valence-corrected chi connectivity index (χ0v) is 13.0. The maximum atomic E-state index is 5.92. The summed E-state index contributed by atoms with van der Waals surface area (Å²) in [5.41, 5.74) is 6.11. The van der Waals surface area contributed by atoms with E-state index in [0.717, 1.165) is 12.2 Å². The standard InChI is InChI=1S/C15H23N5O/c1-5-11(13-17-8-9-18-13)19-12-7-6-10(16)14(20-12)21-15(2,3)4/h6-9,11H,5,16H2,1-4H3,(H,17,18)(H,19,20). The van der Waals surface area contributed by atoms with Crippen molar-refractivity contribution in [2.24, 2.45) is 0 Å². The number of ether oxygens (including phenoxy) is 1. The molecular weight excluding hydrogens is 266 g/mol. The van der Waals surface area contributed by atoms with Gasteiger partial charge in [0.15, 0.2) is 0 Å².